The summed E-state index contributed by atoms with van der Waals surface area (Å²) in [5.74, 6) is -0.293. The van der Waals surface area contributed by atoms with E-state index in [-0.39, 0.29) is 11.9 Å². The van der Waals surface area contributed by atoms with Gasteiger partial charge in [0.1, 0.15) is 11.0 Å². The lowest BCUT2D eigenvalue weighted by atomic mass is 10.1. The highest BCUT2D eigenvalue weighted by Crippen LogP contribution is 2.16. The monoisotopic (exact) mass is 184 g/mol. The average Bonchev–Trinajstić information content (AvgIpc) is 2.03. The first-order chi connectivity index (χ1) is 5.75. The number of hydrogen-bond donors (Lipinski definition) is 1. The maximum Gasteiger partial charge on any atom is 0.145 e. The van der Waals surface area contributed by atoms with E-state index in [1.807, 2.05) is 0 Å². The Hall–Kier alpha value is -1.09. The molecule has 0 fully saturated rings. The Kier molecular flexibility index (Phi) is 1.73. The Morgan fingerprint density at radius 2 is 2.42 bits per heavy atom. The molecule has 0 bridgehead atoms. The van der Waals surface area contributed by atoms with Gasteiger partial charge in [-0.15, -0.1) is 0 Å². The minimum Gasteiger partial charge on any atom is -0.377 e. The van der Waals surface area contributed by atoms with Gasteiger partial charge in [0, 0.05) is 6.20 Å². The molecule has 0 radical (unpaired) electrons. The molecule has 1 N–H and O–H groups in total. The molecule has 0 saturated carbocycles. The molecule has 1 aliphatic heterocycles. The molecule has 0 aromatic rings. The number of nitrogens with one attached hydrogen (secondary N) is 1. The third kappa shape index (κ3) is 1.28. The summed E-state index contributed by atoms with van der Waals surface area (Å²) in [6, 6.07) is -0.0352. The number of rotatable bonds is 0. The molecule has 62 valence electrons. The van der Waals surface area contributed by atoms with E-state index in [9.17, 15) is 4.39 Å². The third-order valence-electron chi connectivity index (χ3n) is 1.67. The van der Waals surface area contributed by atoms with Crippen molar-refractivity contribution in [1.82, 2.24) is 5.32 Å². The molecular weight excluding hydrogens is 179 g/mol. The average molecular weight is 185 g/mol. The van der Waals surface area contributed by atoms with Gasteiger partial charge in [-0.2, -0.15) is 0 Å². The van der Waals surface area contributed by atoms with Crippen molar-refractivity contribution < 1.29 is 4.39 Å². The first-order valence-corrected chi connectivity index (χ1v) is 3.89. The van der Waals surface area contributed by atoms with Gasteiger partial charge in [0.25, 0.3) is 0 Å². The molecule has 1 aliphatic carbocycles. The topological polar surface area (TPSA) is 24.4 Å². The molecule has 4 heteroatoms. The number of nitrogens with zero attached hydrogens (tertiary/aromatic N) is 1. The van der Waals surface area contributed by atoms with Crippen LogP contribution in [0.4, 0.5) is 4.39 Å². The van der Waals surface area contributed by atoms with Crippen LogP contribution in [0.1, 0.15) is 0 Å². The summed E-state index contributed by atoms with van der Waals surface area (Å²) in [6.45, 7) is 0. The largest absolute Gasteiger partial charge is 0.377 e. The second-order valence-corrected chi connectivity index (χ2v) is 2.92. The van der Waals surface area contributed by atoms with Gasteiger partial charge >= 0.3 is 0 Å². The molecule has 12 heavy (non-hydrogen) atoms. The Bertz CT molecular complexity index is 328. The normalized spacial score (nSPS) is 26.5. The molecule has 0 spiro atoms. The van der Waals surface area contributed by atoms with Crippen LogP contribution in [-0.4, -0.2) is 11.8 Å². The fourth-order valence-corrected chi connectivity index (χ4v) is 1.28. The van der Waals surface area contributed by atoms with Crippen molar-refractivity contribution >= 4 is 17.3 Å². The van der Waals surface area contributed by atoms with Gasteiger partial charge in [-0.05, 0) is 12.2 Å². The Balaban J connectivity index is 2.36. The minimum absolute atomic E-state index is 0.0352. The van der Waals surface area contributed by atoms with Crippen molar-refractivity contribution in [3.8, 4) is 0 Å². The second-order valence-electron chi connectivity index (χ2n) is 2.54. The maximum atomic E-state index is 12.7. The molecule has 0 aromatic heterocycles. The molecular formula is C8H6ClFN2. The smallest absolute Gasteiger partial charge is 0.145 e. The Morgan fingerprint density at radius 1 is 1.58 bits per heavy atom. The van der Waals surface area contributed by atoms with Gasteiger partial charge in [0.2, 0.25) is 0 Å². The lowest BCUT2D eigenvalue weighted by Crippen LogP contribution is -2.34. The molecule has 1 heterocycles. The van der Waals surface area contributed by atoms with Gasteiger partial charge in [-0.3, -0.25) is 0 Å². The lowest BCUT2D eigenvalue weighted by Gasteiger charge is -2.19. The molecule has 2 nitrogen and oxygen atoms in total. The van der Waals surface area contributed by atoms with Crippen LogP contribution in [0.25, 0.3) is 0 Å². The van der Waals surface area contributed by atoms with Crippen LogP contribution >= 0.6 is 11.6 Å². The second kappa shape index (κ2) is 2.75. The van der Waals surface area contributed by atoms with Crippen LogP contribution in [0.2, 0.25) is 0 Å². The Morgan fingerprint density at radius 3 is 3.25 bits per heavy atom. The fraction of sp³-hybridized carbons (Fsp3) is 0.125. The van der Waals surface area contributed by atoms with Gasteiger partial charge < -0.3 is 5.32 Å². The van der Waals surface area contributed by atoms with Crippen molar-refractivity contribution in [3.05, 3.63) is 35.4 Å². The third-order valence-corrected chi connectivity index (χ3v) is 1.86. The molecule has 1 atom stereocenters. The van der Waals surface area contributed by atoms with Gasteiger partial charge in [-0.25, -0.2) is 9.38 Å². The van der Waals surface area contributed by atoms with E-state index in [2.05, 4.69) is 10.3 Å². The summed E-state index contributed by atoms with van der Waals surface area (Å²) < 4.78 is 12.7. The summed E-state index contributed by atoms with van der Waals surface area (Å²) >= 11 is 5.62. The van der Waals surface area contributed by atoms with E-state index in [1.54, 1.807) is 12.3 Å². The van der Waals surface area contributed by atoms with Crippen LogP contribution in [0, 0.1) is 0 Å². The van der Waals surface area contributed by atoms with Crippen molar-refractivity contribution in [2.45, 2.75) is 6.04 Å². The highest BCUT2D eigenvalue weighted by molar-refractivity contribution is 6.30. The minimum atomic E-state index is -0.293. The van der Waals surface area contributed by atoms with Crippen LogP contribution in [0.3, 0.4) is 0 Å². The van der Waals surface area contributed by atoms with Crippen molar-refractivity contribution in [2.24, 2.45) is 4.99 Å². The zero-order valence-electron chi connectivity index (χ0n) is 6.09. The van der Waals surface area contributed by atoms with Crippen LogP contribution in [0.5, 0.6) is 0 Å². The molecule has 1 unspecified atom stereocenters. The number of allylic oxidation sites excluding steroid dienone is 2. The predicted octanol–water partition coefficient (Wildman–Crippen LogP) is 1.86. The molecule has 0 amide bonds. The first kappa shape index (κ1) is 7.55. The van der Waals surface area contributed by atoms with E-state index >= 15 is 0 Å². The summed E-state index contributed by atoms with van der Waals surface area (Å²) in [4.78, 5) is 3.97. The summed E-state index contributed by atoms with van der Waals surface area (Å²) in [6.07, 6.45) is 6.07. The van der Waals surface area contributed by atoms with Gasteiger partial charge in [-0.1, -0.05) is 17.7 Å². The zero-order chi connectivity index (χ0) is 8.55. The number of aliphatic imine (C=N–C) groups is 1. The predicted molar refractivity (Wildman–Crippen MR) is 46.6 cm³/mol. The van der Waals surface area contributed by atoms with Crippen molar-refractivity contribution in [3.63, 3.8) is 0 Å². The maximum absolute atomic E-state index is 12.7. The summed E-state index contributed by atoms with van der Waals surface area (Å²) in [5.41, 5.74) is 0.613. The molecule has 0 saturated heterocycles. The molecule has 0 aromatic carbocycles. The van der Waals surface area contributed by atoms with E-state index in [0.29, 0.717) is 10.9 Å². The first-order valence-electron chi connectivity index (χ1n) is 3.51. The van der Waals surface area contributed by atoms with Crippen molar-refractivity contribution in [1.29, 1.82) is 0 Å². The summed E-state index contributed by atoms with van der Waals surface area (Å²) in [7, 11) is 0. The molecule has 2 rings (SSSR count). The van der Waals surface area contributed by atoms with E-state index < -0.39 is 0 Å². The fourth-order valence-electron chi connectivity index (χ4n) is 1.12. The highest BCUT2D eigenvalue weighted by atomic mass is 35.5. The van der Waals surface area contributed by atoms with E-state index in [1.165, 1.54) is 12.2 Å². The van der Waals surface area contributed by atoms with Crippen molar-refractivity contribution in [2.75, 3.05) is 0 Å². The molecule has 2 aliphatic rings. The zero-order valence-corrected chi connectivity index (χ0v) is 6.85. The quantitative estimate of drug-likeness (QED) is 0.571. The summed E-state index contributed by atoms with van der Waals surface area (Å²) in [5, 5.41) is 3.32. The van der Waals surface area contributed by atoms with Gasteiger partial charge in [0.15, 0.2) is 0 Å². The van der Waals surface area contributed by atoms with Crippen LogP contribution < -0.4 is 5.32 Å². The number of hydrogen-bond acceptors (Lipinski definition) is 2. The van der Waals surface area contributed by atoms with Crippen LogP contribution in [0.15, 0.2) is 40.4 Å². The van der Waals surface area contributed by atoms with Crippen LogP contribution in [-0.2, 0) is 0 Å². The standard InChI is InChI=1S/C8H6ClFN2/c9-8-4-11-6-2-1-5(10)3-7(6)12-8/h1-4,6,11H. The lowest BCUT2D eigenvalue weighted by molar-refractivity contribution is 0.661. The highest BCUT2D eigenvalue weighted by Gasteiger charge is 2.17. The van der Waals surface area contributed by atoms with E-state index in [0.717, 1.165) is 0 Å². The van der Waals surface area contributed by atoms with Gasteiger partial charge in [0.05, 0.1) is 11.8 Å². The SMILES string of the molecule is FC1=CC2=NC(Cl)=CNC2C=C1. The number of fused-ring (bicyclic) bond motifs is 1. The van der Waals surface area contributed by atoms with E-state index in [4.69, 9.17) is 11.6 Å². The Labute approximate surface area is 74.1 Å². The number of halogens is 2.